The van der Waals surface area contributed by atoms with E-state index in [1.54, 1.807) is 13.0 Å². The molecule has 0 aliphatic carbocycles. The fourth-order valence-electron chi connectivity index (χ4n) is 0.942. The van der Waals surface area contributed by atoms with Crippen LogP contribution in [0.15, 0.2) is 12.4 Å². The van der Waals surface area contributed by atoms with Crippen molar-refractivity contribution in [3.8, 4) is 11.8 Å². The number of ether oxygens (including phenoxy) is 1. The predicted molar refractivity (Wildman–Crippen MR) is 59.9 cm³/mol. The van der Waals surface area contributed by atoms with E-state index in [0.717, 1.165) is 5.82 Å². The van der Waals surface area contributed by atoms with Crippen molar-refractivity contribution in [2.24, 2.45) is 0 Å². The van der Waals surface area contributed by atoms with E-state index in [9.17, 15) is 4.79 Å². The van der Waals surface area contributed by atoms with Crippen LogP contribution in [0.5, 0.6) is 0 Å². The number of hydrogen-bond acceptors (Lipinski definition) is 5. The van der Waals surface area contributed by atoms with Crippen molar-refractivity contribution < 1.29 is 9.53 Å². The monoisotopic (exact) mass is 219 g/mol. The van der Waals surface area contributed by atoms with E-state index in [0.29, 0.717) is 12.3 Å². The summed E-state index contributed by atoms with van der Waals surface area (Å²) >= 11 is 0. The Labute approximate surface area is 94.5 Å². The van der Waals surface area contributed by atoms with Gasteiger partial charge in [-0.2, -0.15) is 0 Å². The van der Waals surface area contributed by atoms with E-state index in [2.05, 4.69) is 26.5 Å². The summed E-state index contributed by atoms with van der Waals surface area (Å²) in [6.45, 7) is 2.05. The van der Waals surface area contributed by atoms with Crippen molar-refractivity contribution in [1.82, 2.24) is 9.97 Å². The van der Waals surface area contributed by atoms with Gasteiger partial charge < -0.3 is 9.64 Å². The minimum atomic E-state index is -0.549. The molecule has 0 spiro atoms. The lowest BCUT2D eigenvalue weighted by atomic mass is 10.4. The van der Waals surface area contributed by atoms with Gasteiger partial charge in [-0.3, -0.25) is 0 Å². The molecule has 0 bridgehead atoms. The van der Waals surface area contributed by atoms with Gasteiger partial charge in [0.1, 0.15) is 17.8 Å². The van der Waals surface area contributed by atoms with Crippen LogP contribution in [0.25, 0.3) is 0 Å². The van der Waals surface area contributed by atoms with Crippen molar-refractivity contribution in [3.63, 3.8) is 0 Å². The van der Waals surface area contributed by atoms with Gasteiger partial charge in [-0.05, 0) is 12.8 Å². The fraction of sp³-hybridized carbons (Fsp3) is 0.364. The second-order valence-corrected chi connectivity index (χ2v) is 3.13. The van der Waals surface area contributed by atoms with Crippen molar-refractivity contribution in [2.75, 3.05) is 25.6 Å². The number of nitrogens with zero attached hydrogens (tertiary/aromatic N) is 3. The third-order valence-corrected chi connectivity index (χ3v) is 1.68. The standard InChI is InChI=1S/C11H13N3O2/c1-4-16-11(15)6-5-9-7-10(14(2)3)13-8-12-9/h7-8H,4H2,1-3H3. The van der Waals surface area contributed by atoms with Gasteiger partial charge in [-0.25, -0.2) is 14.8 Å². The molecule has 1 heterocycles. The van der Waals surface area contributed by atoms with E-state index in [4.69, 9.17) is 0 Å². The van der Waals surface area contributed by atoms with Crippen LogP contribution in [0.2, 0.25) is 0 Å². The highest BCUT2D eigenvalue weighted by Crippen LogP contribution is 2.05. The van der Waals surface area contributed by atoms with E-state index in [-0.39, 0.29) is 0 Å². The molecule has 1 rings (SSSR count). The first kappa shape index (κ1) is 12.0. The zero-order valence-corrected chi connectivity index (χ0v) is 9.52. The van der Waals surface area contributed by atoms with E-state index < -0.39 is 5.97 Å². The van der Waals surface area contributed by atoms with Crippen LogP contribution < -0.4 is 4.90 Å². The lowest BCUT2D eigenvalue weighted by Gasteiger charge is -2.09. The lowest BCUT2D eigenvalue weighted by Crippen LogP contribution is -2.10. The molecule has 1 aromatic rings. The molecule has 0 aliphatic rings. The zero-order valence-electron chi connectivity index (χ0n) is 9.52. The number of aromatic nitrogens is 2. The third kappa shape index (κ3) is 3.58. The minimum Gasteiger partial charge on any atom is -0.456 e. The Morgan fingerprint density at radius 2 is 2.25 bits per heavy atom. The smallest absolute Gasteiger partial charge is 0.384 e. The van der Waals surface area contributed by atoms with Crippen LogP contribution >= 0.6 is 0 Å². The Morgan fingerprint density at radius 3 is 2.88 bits per heavy atom. The quantitative estimate of drug-likeness (QED) is 0.534. The maximum Gasteiger partial charge on any atom is 0.384 e. The average Bonchev–Trinajstić information content (AvgIpc) is 2.27. The Hall–Kier alpha value is -2.09. The molecule has 0 N–H and O–H groups in total. The summed E-state index contributed by atoms with van der Waals surface area (Å²) in [6.07, 6.45) is 1.41. The van der Waals surface area contributed by atoms with Gasteiger partial charge in [0.2, 0.25) is 0 Å². The molecule has 0 saturated heterocycles. The number of hydrogen-bond donors (Lipinski definition) is 0. The Balaban J connectivity index is 2.81. The van der Waals surface area contributed by atoms with Gasteiger partial charge in [0.15, 0.2) is 0 Å². The molecule has 0 fully saturated rings. The molecule has 0 unspecified atom stereocenters. The first-order chi connectivity index (χ1) is 7.63. The highest BCUT2D eigenvalue weighted by atomic mass is 16.5. The van der Waals surface area contributed by atoms with Crippen molar-refractivity contribution >= 4 is 11.8 Å². The molecule has 5 nitrogen and oxygen atoms in total. The lowest BCUT2D eigenvalue weighted by molar-refractivity contribution is -0.136. The van der Waals surface area contributed by atoms with Gasteiger partial charge in [-0.1, -0.05) is 0 Å². The summed E-state index contributed by atoms with van der Waals surface area (Å²) in [4.78, 5) is 20.8. The normalized spacial score (nSPS) is 8.94. The van der Waals surface area contributed by atoms with Crippen LogP contribution in [0, 0.1) is 11.8 Å². The maximum atomic E-state index is 11.0. The molecule has 0 amide bonds. The zero-order chi connectivity index (χ0) is 12.0. The number of carbonyl (C=O) groups excluding carboxylic acids is 1. The maximum absolute atomic E-state index is 11.0. The van der Waals surface area contributed by atoms with Gasteiger partial charge in [0.25, 0.3) is 0 Å². The summed E-state index contributed by atoms with van der Waals surface area (Å²) in [5.74, 6) is 5.16. The fourth-order valence-corrected chi connectivity index (χ4v) is 0.942. The highest BCUT2D eigenvalue weighted by molar-refractivity contribution is 5.89. The first-order valence-electron chi connectivity index (χ1n) is 4.81. The molecular weight excluding hydrogens is 206 g/mol. The molecule has 16 heavy (non-hydrogen) atoms. The predicted octanol–water partition coefficient (Wildman–Crippen LogP) is 0.457. The summed E-state index contributed by atoms with van der Waals surface area (Å²) in [7, 11) is 3.73. The average molecular weight is 219 g/mol. The van der Waals surface area contributed by atoms with Gasteiger partial charge >= 0.3 is 5.97 Å². The van der Waals surface area contributed by atoms with Gasteiger partial charge in [-0.15, -0.1) is 0 Å². The first-order valence-corrected chi connectivity index (χ1v) is 4.81. The van der Waals surface area contributed by atoms with Crippen LogP contribution in [-0.2, 0) is 9.53 Å². The second kappa shape index (κ2) is 5.71. The van der Waals surface area contributed by atoms with Crippen LogP contribution in [-0.4, -0.2) is 36.6 Å². The van der Waals surface area contributed by atoms with Crippen molar-refractivity contribution in [3.05, 3.63) is 18.1 Å². The van der Waals surface area contributed by atoms with E-state index >= 15 is 0 Å². The van der Waals surface area contributed by atoms with Crippen LogP contribution in [0.1, 0.15) is 12.6 Å². The van der Waals surface area contributed by atoms with Crippen molar-refractivity contribution in [2.45, 2.75) is 6.92 Å². The third-order valence-electron chi connectivity index (χ3n) is 1.68. The minimum absolute atomic E-state index is 0.320. The van der Waals surface area contributed by atoms with E-state index in [1.165, 1.54) is 6.33 Å². The summed E-state index contributed by atoms with van der Waals surface area (Å²) < 4.78 is 4.67. The summed E-state index contributed by atoms with van der Waals surface area (Å²) in [5.41, 5.74) is 0.492. The Bertz CT molecular complexity index is 432. The molecule has 0 radical (unpaired) electrons. The summed E-state index contributed by atoms with van der Waals surface area (Å²) in [5, 5.41) is 0. The van der Waals surface area contributed by atoms with Gasteiger partial charge in [0.05, 0.1) is 6.61 Å². The van der Waals surface area contributed by atoms with Crippen LogP contribution in [0.4, 0.5) is 5.82 Å². The number of anilines is 1. The molecule has 1 aromatic heterocycles. The Kier molecular flexibility index (Phi) is 4.28. The largest absolute Gasteiger partial charge is 0.456 e. The van der Waals surface area contributed by atoms with Gasteiger partial charge in [0, 0.05) is 26.1 Å². The highest BCUT2D eigenvalue weighted by Gasteiger charge is 1.98. The topological polar surface area (TPSA) is 55.3 Å². The second-order valence-electron chi connectivity index (χ2n) is 3.13. The summed E-state index contributed by atoms with van der Waals surface area (Å²) in [6, 6.07) is 1.70. The Morgan fingerprint density at radius 1 is 1.50 bits per heavy atom. The molecule has 0 aliphatic heterocycles. The SMILES string of the molecule is CCOC(=O)C#Cc1cc(N(C)C)ncn1. The van der Waals surface area contributed by atoms with Crippen molar-refractivity contribution in [1.29, 1.82) is 0 Å². The van der Waals surface area contributed by atoms with E-state index in [1.807, 2.05) is 19.0 Å². The molecule has 0 aromatic carbocycles. The molecule has 0 saturated carbocycles. The molecule has 84 valence electrons. The number of rotatable bonds is 2. The molecule has 5 heteroatoms. The van der Waals surface area contributed by atoms with Crippen LogP contribution in [0.3, 0.4) is 0 Å². The number of esters is 1. The molecular formula is C11H13N3O2. The number of carbonyl (C=O) groups is 1. The molecule has 0 atom stereocenters.